The van der Waals surface area contributed by atoms with Crippen LogP contribution in [0, 0.1) is 11.3 Å². The minimum atomic E-state index is -0.808. The topological polar surface area (TPSA) is 93.3 Å². The molecule has 1 unspecified atom stereocenters. The highest BCUT2D eigenvalue weighted by atomic mass is 16.3. The lowest BCUT2D eigenvalue weighted by Crippen LogP contribution is -2.31. The lowest BCUT2D eigenvalue weighted by atomic mass is 10.2. The highest BCUT2D eigenvalue weighted by Crippen LogP contribution is 2.12. The first kappa shape index (κ1) is 7.57. The van der Waals surface area contributed by atoms with Crippen molar-refractivity contribution in [3.8, 4) is 6.07 Å². The summed E-state index contributed by atoms with van der Waals surface area (Å²) in [5.74, 6) is -1.01. The number of hydrogen-bond donors (Lipinski definition) is 3. The van der Waals surface area contributed by atoms with E-state index in [-0.39, 0.29) is 11.3 Å². The van der Waals surface area contributed by atoms with Gasteiger partial charge in [0.15, 0.2) is 5.57 Å². The summed E-state index contributed by atoms with van der Waals surface area (Å²) in [6, 6.07) is 0.726. The molecule has 1 heterocycles. The predicted molar refractivity (Wildman–Crippen MR) is 34.3 cm³/mol. The van der Waals surface area contributed by atoms with Crippen molar-refractivity contribution >= 4 is 5.91 Å². The van der Waals surface area contributed by atoms with Crippen molar-refractivity contribution in [2.75, 3.05) is 6.61 Å². The molecule has 58 valence electrons. The largest absolute Gasteiger partial charge is 0.508 e. The van der Waals surface area contributed by atoms with Crippen LogP contribution in [-0.2, 0) is 4.79 Å². The van der Waals surface area contributed by atoms with Crippen molar-refractivity contribution in [1.82, 2.24) is 5.32 Å². The molecule has 1 aliphatic rings. The van der Waals surface area contributed by atoms with E-state index in [9.17, 15) is 4.79 Å². The van der Waals surface area contributed by atoms with Gasteiger partial charge in [0.05, 0.1) is 6.61 Å². The van der Waals surface area contributed by atoms with Gasteiger partial charge in [-0.1, -0.05) is 0 Å². The zero-order chi connectivity index (χ0) is 8.43. The van der Waals surface area contributed by atoms with Crippen LogP contribution in [0.4, 0.5) is 0 Å². The summed E-state index contributed by atoms with van der Waals surface area (Å²) in [6.07, 6.45) is 0. The molecule has 0 saturated heterocycles. The standard InChI is InChI=1S/C6H6N2O3/c7-1-3-5(10)4(2-9)8-6(3)11/h4,9-10H,2H2,(H,8,11). The molecule has 1 aliphatic heterocycles. The lowest BCUT2D eigenvalue weighted by Gasteiger charge is -2.04. The number of nitrogens with one attached hydrogen (secondary N) is 1. The van der Waals surface area contributed by atoms with Crippen LogP contribution in [0.2, 0.25) is 0 Å². The monoisotopic (exact) mass is 154 g/mol. The second-order valence-corrected chi connectivity index (χ2v) is 2.08. The molecule has 0 spiro atoms. The zero-order valence-electron chi connectivity index (χ0n) is 5.53. The Labute approximate surface area is 62.6 Å². The fourth-order valence-corrected chi connectivity index (χ4v) is 0.829. The molecule has 0 bridgehead atoms. The van der Waals surface area contributed by atoms with Gasteiger partial charge in [-0.05, 0) is 0 Å². The Morgan fingerprint density at radius 3 is 2.64 bits per heavy atom. The maximum atomic E-state index is 10.7. The highest BCUT2D eigenvalue weighted by Gasteiger charge is 2.30. The third kappa shape index (κ3) is 1.04. The molecule has 5 nitrogen and oxygen atoms in total. The van der Waals surface area contributed by atoms with Gasteiger partial charge >= 0.3 is 0 Å². The van der Waals surface area contributed by atoms with Crippen LogP contribution < -0.4 is 5.32 Å². The Hall–Kier alpha value is -1.54. The molecule has 3 N–H and O–H groups in total. The van der Waals surface area contributed by atoms with E-state index < -0.39 is 18.6 Å². The second-order valence-electron chi connectivity index (χ2n) is 2.08. The van der Waals surface area contributed by atoms with Gasteiger partial charge in [-0.25, -0.2) is 0 Å². The summed E-state index contributed by atoms with van der Waals surface area (Å²) < 4.78 is 0. The van der Waals surface area contributed by atoms with E-state index in [2.05, 4.69) is 5.32 Å². The van der Waals surface area contributed by atoms with Crippen molar-refractivity contribution in [3.63, 3.8) is 0 Å². The average Bonchev–Trinajstić information content (AvgIpc) is 2.26. The van der Waals surface area contributed by atoms with Gasteiger partial charge in [0, 0.05) is 0 Å². The van der Waals surface area contributed by atoms with Crippen LogP contribution in [0.25, 0.3) is 0 Å². The molecule has 1 amide bonds. The van der Waals surface area contributed by atoms with Gasteiger partial charge in [0.25, 0.3) is 5.91 Å². The summed E-state index contributed by atoms with van der Waals surface area (Å²) in [4.78, 5) is 10.7. The number of nitrogens with zero attached hydrogens (tertiary/aromatic N) is 1. The van der Waals surface area contributed by atoms with Crippen molar-refractivity contribution in [2.24, 2.45) is 0 Å². The Kier molecular flexibility index (Phi) is 1.79. The Balaban J connectivity index is 2.97. The molecule has 0 aromatic heterocycles. The molecule has 0 radical (unpaired) electrons. The van der Waals surface area contributed by atoms with Crippen LogP contribution in [0.15, 0.2) is 11.3 Å². The zero-order valence-corrected chi connectivity index (χ0v) is 5.53. The minimum absolute atomic E-state index is 0.316. The van der Waals surface area contributed by atoms with Crippen molar-refractivity contribution in [2.45, 2.75) is 6.04 Å². The van der Waals surface area contributed by atoms with Gasteiger partial charge in [-0.3, -0.25) is 4.79 Å². The number of rotatable bonds is 1. The number of aliphatic hydroxyl groups is 2. The molecule has 0 saturated carbocycles. The van der Waals surface area contributed by atoms with Crippen LogP contribution in [0.1, 0.15) is 0 Å². The van der Waals surface area contributed by atoms with E-state index in [4.69, 9.17) is 15.5 Å². The van der Waals surface area contributed by atoms with Gasteiger partial charge in [-0.2, -0.15) is 5.26 Å². The number of carbonyl (C=O) groups excluding carboxylic acids is 1. The number of carbonyl (C=O) groups is 1. The number of amides is 1. The molecule has 0 fully saturated rings. The third-order valence-corrected chi connectivity index (χ3v) is 1.41. The summed E-state index contributed by atoms with van der Waals surface area (Å²) in [6.45, 7) is -0.400. The Bertz CT molecular complexity index is 263. The summed E-state index contributed by atoms with van der Waals surface area (Å²) >= 11 is 0. The number of hydrogen-bond acceptors (Lipinski definition) is 4. The van der Waals surface area contributed by atoms with Crippen molar-refractivity contribution in [3.05, 3.63) is 11.3 Å². The molecular formula is C6H6N2O3. The van der Waals surface area contributed by atoms with Crippen LogP contribution >= 0.6 is 0 Å². The highest BCUT2D eigenvalue weighted by molar-refractivity contribution is 6.00. The molecular weight excluding hydrogens is 148 g/mol. The van der Waals surface area contributed by atoms with Crippen molar-refractivity contribution < 1.29 is 15.0 Å². The predicted octanol–water partition coefficient (Wildman–Crippen LogP) is -1.19. The van der Waals surface area contributed by atoms with E-state index in [1.165, 1.54) is 6.07 Å². The SMILES string of the molecule is N#CC1=C(O)C(CO)NC1=O. The van der Waals surface area contributed by atoms with Gasteiger partial charge in [0.1, 0.15) is 17.9 Å². The van der Waals surface area contributed by atoms with E-state index in [1.54, 1.807) is 0 Å². The molecule has 5 heteroatoms. The fourth-order valence-electron chi connectivity index (χ4n) is 0.829. The number of nitriles is 1. The molecule has 11 heavy (non-hydrogen) atoms. The maximum Gasteiger partial charge on any atom is 0.266 e. The maximum absolute atomic E-state index is 10.7. The summed E-state index contributed by atoms with van der Waals surface area (Å²) in [5, 5.41) is 28.1. The minimum Gasteiger partial charge on any atom is -0.508 e. The Morgan fingerprint density at radius 1 is 1.73 bits per heavy atom. The molecule has 0 aliphatic carbocycles. The quantitative estimate of drug-likeness (QED) is 0.442. The third-order valence-electron chi connectivity index (χ3n) is 1.41. The fraction of sp³-hybridized carbons (Fsp3) is 0.333. The first-order valence-electron chi connectivity index (χ1n) is 2.95. The van der Waals surface area contributed by atoms with Gasteiger partial charge in [0.2, 0.25) is 0 Å². The summed E-state index contributed by atoms with van der Waals surface area (Å²) in [7, 11) is 0. The van der Waals surface area contributed by atoms with Gasteiger partial charge in [-0.15, -0.1) is 0 Å². The van der Waals surface area contributed by atoms with E-state index in [0.717, 1.165) is 0 Å². The molecule has 1 rings (SSSR count). The van der Waals surface area contributed by atoms with E-state index >= 15 is 0 Å². The van der Waals surface area contributed by atoms with Crippen LogP contribution in [-0.4, -0.2) is 28.8 Å². The summed E-state index contributed by atoms with van der Waals surface area (Å²) in [5.41, 5.74) is -0.316. The molecule has 0 aromatic rings. The van der Waals surface area contributed by atoms with Crippen LogP contribution in [0.5, 0.6) is 0 Å². The van der Waals surface area contributed by atoms with Crippen LogP contribution in [0.3, 0.4) is 0 Å². The lowest BCUT2D eigenvalue weighted by molar-refractivity contribution is -0.116. The first-order chi connectivity index (χ1) is 5.20. The van der Waals surface area contributed by atoms with Gasteiger partial charge < -0.3 is 15.5 Å². The second kappa shape index (κ2) is 2.60. The van der Waals surface area contributed by atoms with E-state index in [0.29, 0.717) is 0 Å². The molecule has 1 atom stereocenters. The molecule has 0 aromatic carbocycles. The average molecular weight is 154 g/mol. The first-order valence-corrected chi connectivity index (χ1v) is 2.95. The van der Waals surface area contributed by atoms with Crippen molar-refractivity contribution in [1.29, 1.82) is 5.26 Å². The number of aliphatic hydroxyl groups excluding tert-OH is 2. The Morgan fingerprint density at radius 2 is 2.36 bits per heavy atom. The normalized spacial score (nSPS) is 23.3. The van der Waals surface area contributed by atoms with E-state index in [1.807, 2.05) is 0 Å². The smallest absolute Gasteiger partial charge is 0.266 e.